The fourth-order valence-electron chi connectivity index (χ4n) is 1.96. The molecule has 0 saturated carbocycles. The molecule has 0 bridgehead atoms. The lowest BCUT2D eigenvalue weighted by atomic mass is 9.96. The molecular weight excluding hydrogens is 240 g/mol. The summed E-state index contributed by atoms with van der Waals surface area (Å²) in [5.41, 5.74) is 3.20. The summed E-state index contributed by atoms with van der Waals surface area (Å²) in [5.74, 6) is 0.679. The fraction of sp³-hybridized carbons (Fsp3) is 0.467. The normalized spacial score (nSPS) is 10.2. The van der Waals surface area contributed by atoms with Gasteiger partial charge in [0.25, 0.3) is 0 Å². The monoisotopic (exact) mass is 260 g/mol. The van der Waals surface area contributed by atoms with Crippen LogP contribution < -0.4 is 4.74 Å². The van der Waals surface area contributed by atoms with Crippen molar-refractivity contribution in [2.24, 2.45) is 0 Å². The largest absolute Gasteiger partial charge is 0.496 e. The first-order chi connectivity index (χ1) is 8.90. The van der Waals surface area contributed by atoms with Crippen molar-refractivity contribution in [2.45, 2.75) is 33.2 Å². The van der Waals surface area contributed by atoms with Gasteiger partial charge in [0, 0.05) is 13.6 Å². The Balaban J connectivity index is 3.12. The van der Waals surface area contributed by atoms with E-state index < -0.39 is 5.91 Å². The number of nitriles is 1. The molecule has 0 radical (unpaired) electrons. The van der Waals surface area contributed by atoms with Gasteiger partial charge in [0.05, 0.1) is 7.11 Å². The highest BCUT2D eigenvalue weighted by atomic mass is 16.5. The number of hydrogen-bond donors (Lipinski definition) is 0. The Labute approximate surface area is 114 Å². The van der Waals surface area contributed by atoms with Crippen LogP contribution in [-0.2, 0) is 11.3 Å². The van der Waals surface area contributed by atoms with Crippen molar-refractivity contribution in [3.8, 4) is 11.8 Å². The molecule has 19 heavy (non-hydrogen) atoms. The van der Waals surface area contributed by atoms with Crippen LogP contribution in [0, 0.1) is 18.3 Å². The van der Waals surface area contributed by atoms with E-state index in [2.05, 4.69) is 19.9 Å². The van der Waals surface area contributed by atoms with E-state index in [1.54, 1.807) is 20.2 Å². The van der Waals surface area contributed by atoms with Crippen molar-refractivity contribution in [2.75, 3.05) is 14.2 Å². The van der Waals surface area contributed by atoms with Crippen molar-refractivity contribution in [3.05, 3.63) is 28.8 Å². The van der Waals surface area contributed by atoms with Gasteiger partial charge in [-0.1, -0.05) is 13.8 Å². The zero-order valence-electron chi connectivity index (χ0n) is 12.2. The average molecular weight is 260 g/mol. The molecule has 102 valence electrons. The third-order valence-corrected chi connectivity index (χ3v) is 3.16. The van der Waals surface area contributed by atoms with Gasteiger partial charge in [0.1, 0.15) is 5.75 Å². The number of rotatable bonds is 4. The van der Waals surface area contributed by atoms with Gasteiger partial charge in [-0.25, -0.2) is 0 Å². The van der Waals surface area contributed by atoms with Crippen molar-refractivity contribution in [1.82, 2.24) is 4.90 Å². The second kappa shape index (κ2) is 6.24. The van der Waals surface area contributed by atoms with Crippen molar-refractivity contribution in [1.29, 1.82) is 5.26 Å². The molecule has 4 nitrogen and oxygen atoms in total. The summed E-state index contributed by atoms with van der Waals surface area (Å²) >= 11 is 0. The highest BCUT2D eigenvalue weighted by Gasteiger charge is 2.14. The molecule has 0 N–H and O–H groups in total. The van der Waals surface area contributed by atoms with Gasteiger partial charge >= 0.3 is 5.91 Å². The second-order valence-corrected chi connectivity index (χ2v) is 4.95. The molecule has 0 aromatic heterocycles. The Kier molecular flexibility index (Phi) is 4.94. The minimum atomic E-state index is -0.527. The van der Waals surface area contributed by atoms with Crippen LogP contribution in [0.25, 0.3) is 0 Å². The number of ether oxygens (including phenoxy) is 1. The standard InChI is InChI=1S/C15H20N2O2/c1-10(2)13-7-12(9-17(4)15(18)8-16)11(3)6-14(13)19-5/h6-7,10H,9H2,1-5H3. The van der Waals surface area contributed by atoms with Crippen molar-refractivity contribution < 1.29 is 9.53 Å². The summed E-state index contributed by atoms with van der Waals surface area (Å²) in [6.45, 7) is 6.61. The molecule has 4 heteroatoms. The van der Waals surface area contributed by atoms with E-state index in [0.717, 1.165) is 22.4 Å². The van der Waals surface area contributed by atoms with Gasteiger partial charge in [-0.3, -0.25) is 4.79 Å². The predicted octanol–water partition coefficient (Wildman–Crippen LogP) is 2.61. The summed E-state index contributed by atoms with van der Waals surface area (Å²) in [5, 5.41) is 8.62. The number of methoxy groups -OCH3 is 1. The van der Waals surface area contributed by atoms with Gasteiger partial charge in [-0.2, -0.15) is 5.26 Å². The van der Waals surface area contributed by atoms with E-state index >= 15 is 0 Å². The number of nitrogens with zero attached hydrogens (tertiary/aromatic N) is 2. The summed E-state index contributed by atoms with van der Waals surface area (Å²) < 4.78 is 5.38. The molecule has 0 saturated heterocycles. The van der Waals surface area contributed by atoms with Gasteiger partial charge in [0.15, 0.2) is 6.07 Å². The topological polar surface area (TPSA) is 53.3 Å². The minimum absolute atomic E-state index is 0.339. The van der Waals surface area contributed by atoms with E-state index in [4.69, 9.17) is 10.00 Å². The van der Waals surface area contributed by atoms with E-state index in [1.165, 1.54) is 4.90 Å². The van der Waals surface area contributed by atoms with Crippen LogP contribution in [0.5, 0.6) is 5.75 Å². The van der Waals surface area contributed by atoms with Crippen molar-refractivity contribution >= 4 is 5.91 Å². The molecule has 0 spiro atoms. The quantitative estimate of drug-likeness (QED) is 0.782. The maximum Gasteiger partial charge on any atom is 0.325 e. The maximum atomic E-state index is 11.3. The van der Waals surface area contributed by atoms with E-state index in [0.29, 0.717) is 12.5 Å². The van der Waals surface area contributed by atoms with E-state index in [-0.39, 0.29) is 0 Å². The summed E-state index contributed by atoms with van der Waals surface area (Å²) in [4.78, 5) is 12.7. The molecule has 1 aromatic rings. The van der Waals surface area contributed by atoms with Gasteiger partial charge in [0.2, 0.25) is 0 Å². The van der Waals surface area contributed by atoms with Gasteiger partial charge in [-0.05, 0) is 41.7 Å². The number of carbonyl (C=O) groups is 1. The van der Waals surface area contributed by atoms with Crippen LogP contribution in [0.15, 0.2) is 12.1 Å². The molecular formula is C15H20N2O2. The molecule has 0 heterocycles. The first-order valence-electron chi connectivity index (χ1n) is 6.23. The maximum absolute atomic E-state index is 11.3. The Bertz CT molecular complexity index is 516. The smallest absolute Gasteiger partial charge is 0.325 e. The van der Waals surface area contributed by atoms with Crippen LogP contribution in [-0.4, -0.2) is 25.0 Å². The van der Waals surface area contributed by atoms with Crippen LogP contribution >= 0.6 is 0 Å². The van der Waals surface area contributed by atoms with E-state index in [9.17, 15) is 4.79 Å². The lowest BCUT2D eigenvalue weighted by molar-refractivity contribution is -0.124. The summed E-state index contributed by atoms with van der Waals surface area (Å²) in [6.07, 6.45) is 0. The molecule has 0 aliphatic rings. The van der Waals surface area contributed by atoms with Crippen LogP contribution in [0.4, 0.5) is 0 Å². The molecule has 0 aliphatic carbocycles. The summed E-state index contributed by atoms with van der Waals surface area (Å²) in [7, 11) is 3.29. The Hall–Kier alpha value is -2.02. The Morgan fingerprint density at radius 3 is 2.58 bits per heavy atom. The number of aryl methyl sites for hydroxylation is 1. The second-order valence-electron chi connectivity index (χ2n) is 4.95. The fourth-order valence-corrected chi connectivity index (χ4v) is 1.96. The SMILES string of the molecule is COc1cc(C)c(CN(C)C(=O)C#N)cc1C(C)C. The number of amides is 1. The number of benzene rings is 1. The molecule has 1 rings (SSSR count). The number of carbonyl (C=O) groups excluding carboxylic acids is 1. The highest BCUT2D eigenvalue weighted by molar-refractivity contribution is 5.90. The molecule has 0 aliphatic heterocycles. The lowest BCUT2D eigenvalue weighted by Gasteiger charge is -2.19. The van der Waals surface area contributed by atoms with Gasteiger partial charge < -0.3 is 9.64 Å². The van der Waals surface area contributed by atoms with E-state index in [1.807, 2.05) is 13.0 Å². The van der Waals surface area contributed by atoms with Crippen LogP contribution in [0.2, 0.25) is 0 Å². The Morgan fingerprint density at radius 2 is 2.11 bits per heavy atom. The molecule has 1 amide bonds. The van der Waals surface area contributed by atoms with Gasteiger partial charge in [-0.15, -0.1) is 0 Å². The molecule has 0 fully saturated rings. The summed E-state index contributed by atoms with van der Waals surface area (Å²) in [6, 6.07) is 5.66. The number of hydrogen-bond acceptors (Lipinski definition) is 3. The van der Waals surface area contributed by atoms with Crippen LogP contribution in [0.3, 0.4) is 0 Å². The first kappa shape index (κ1) is 15.0. The third kappa shape index (κ3) is 3.47. The molecule has 0 atom stereocenters. The lowest BCUT2D eigenvalue weighted by Crippen LogP contribution is -2.24. The zero-order chi connectivity index (χ0) is 14.6. The van der Waals surface area contributed by atoms with Crippen molar-refractivity contribution in [3.63, 3.8) is 0 Å². The molecule has 1 aromatic carbocycles. The van der Waals surface area contributed by atoms with Crippen LogP contribution in [0.1, 0.15) is 36.5 Å². The molecule has 0 unspecified atom stereocenters. The first-order valence-corrected chi connectivity index (χ1v) is 6.23. The average Bonchev–Trinajstić information content (AvgIpc) is 2.38. The third-order valence-electron chi connectivity index (χ3n) is 3.16. The predicted molar refractivity (Wildman–Crippen MR) is 73.9 cm³/mol. The zero-order valence-corrected chi connectivity index (χ0v) is 12.2. The minimum Gasteiger partial charge on any atom is -0.496 e. The Morgan fingerprint density at radius 1 is 1.47 bits per heavy atom. The highest BCUT2D eigenvalue weighted by Crippen LogP contribution is 2.30.